The summed E-state index contributed by atoms with van der Waals surface area (Å²) in [7, 11) is 0. The average molecular weight is 290 g/mol. The molecule has 4 heteroatoms. The second kappa shape index (κ2) is 7.04. The predicted octanol–water partition coefficient (Wildman–Crippen LogP) is 4.56. The molecule has 0 atom stereocenters. The van der Waals surface area contributed by atoms with Gasteiger partial charge in [0.1, 0.15) is 0 Å². The molecule has 0 fully saturated rings. The monoisotopic (exact) mass is 290 g/mol. The number of para-hydroxylation sites is 2. The van der Waals surface area contributed by atoms with E-state index in [2.05, 4.69) is 21.7 Å². The number of hydrogen-bond acceptors (Lipinski definition) is 4. The zero-order valence-electron chi connectivity index (χ0n) is 12.1. The summed E-state index contributed by atoms with van der Waals surface area (Å²) in [6.07, 6.45) is 0. The number of rotatable bonds is 6. The van der Waals surface area contributed by atoms with E-state index < -0.39 is 0 Å². The molecule has 0 spiro atoms. The smallest absolute Gasteiger partial charge is 0.0541 e. The summed E-state index contributed by atoms with van der Waals surface area (Å²) in [6, 6.07) is 28.0. The Morgan fingerprint density at radius 3 is 0.909 bits per heavy atom. The third kappa shape index (κ3) is 3.93. The molecular formula is C18H18N4. The molecule has 4 nitrogen and oxygen atoms in total. The van der Waals surface area contributed by atoms with Crippen molar-refractivity contribution in [2.75, 3.05) is 21.7 Å². The summed E-state index contributed by atoms with van der Waals surface area (Å²) in [5.74, 6) is 0. The molecular weight excluding hydrogens is 272 g/mol. The van der Waals surface area contributed by atoms with E-state index in [4.69, 9.17) is 0 Å². The lowest BCUT2D eigenvalue weighted by Crippen LogP contribution is -2.10. The third-order valence-electron chi connectivity index (χ3n) is 3.13. The van der Waals surface area contributed by atoms with Crippen LogP contribution in [0.25, 0.3) is 0 Å². The lowest BCUT2D eigenvalue weighted by atomic mass is 10.3. The molecule has 0 amide bonds. The molecule has 0 unspecified atom stereocenters. The van der Waals surface area contributed by atoms with Gasteiger partial charge in [0.2, 0.25) is 0 Å². The first-order valence-electron chi connectivity index (χ1n) is 7.14. The summed E-state index contributed by atoms with van der Waals surface area (Å²) in [5, 5.41) is 0. The second-order valence-corrected chi connectivity index (χ2v) is 4.81. The highest BCUT2D eigenvalue weighted by Gasteiger charge is 1.95. The maximum Gasteiger partial charge on any atom is 0.0541 e. The zero-order valence-corrected chi connectivity index (χ0v) is 12.1. The molecule has 0 aliphatic rings. The van der Waals surface area contributed by atoms with Gasteiger partial charge in [-0.15, -0.1) is 0 Å². The Morgan fingerprint density at radius 2 is 0.591 bits per heavy atom. The van der Waals surface area contributed by atoms with Crippen LogP contribution < -0.4 is 21.7 Å². The van der Waals surface area contributed by atoms with Crippen molar-refractivity contribution in [3.8, 4) is 0 Å². The minimum absolute atomic E-state index is 0.995. The lowest BCUT2D eigenvalue weighted by Gasteiger charge is -2.12. The van der Waals surface area contributed by atoms with Crippen molar-refractivity contribution in [3.05, 3.63) is 84.9 Å². The van der Waals surface area contributed by atoms with Crippen LogP contribution in [0.3, 0.4) is 0 Å². The van der Waals surface area contributed by atoms with Crippen LogP contribution in [0.5, 0.6) is 0 Å². The zero-order chi connectivity index (χ0) is 15.0. The van der Waals surface area contributed by atoms with Crippen LogP contribution in [0.2, 0.25) is 0 Å². The number of hydrazine groups is 2. The van der Waals surface area contributed by atoms with Crippen LogP contribution in [-0.2, 0) is 0 Å². The molecule has 3 rings (SSSR count). The van der Waals surface area contributed by atoms with E-state index in [1.165, 1.54) is 0 Å². The van der Waals surface area contributed by atoms with Gasteiger partial charge in [-0.3, -0.25) is 0 Å². The van der Waals surface area contributed by atoms with Gasteiger partial charge in [-0.05, 0) is 48.5 Å². The summed E-state index contributed by atoms with van der Waals surface area (Å²) < 4.78 is 0. The van der Waals surface area contributed by atoms with E-state index in [1.807, 2.05) is 84.9 Å². The van der Waals surface area contributed by atoms with Gasteiger partial charge in [0.15, 0.2) is 0 Å². The van der Waals surface area contributed by atoms with E-state index in [1.54, 1.807) is 0 Å². The summed E-state index contributed by atoms with van der Waals surface area (Å²) in [4.78, 5) is 0. The normalized spacial score (nSPS) is 9.82. The predicted molar refractivity (Wildman–Crippen MR) is 93.8 cm³/mol. The Hall–Kier alpha value is -3.14. The summed E-state index contributed by atoms with van der Waals surface area (Å²) in [5.41, 5.74) is 16.7. The van der Waals surface area contributed by atoms with Gasteiger partial charge < -0.3 is 21.7 Å². The third-order valence-corrected chi connectivity index (χ3v) is 3.13. The first-order valence-corrected chi connectivity index (χ1v) is 7.14. The Balaban J connectivity index is 1.52. The van der Waals surface area contributed by atoms with E-state index in [0.29, 0.717) is 0 Å². The molecule has 4 N–H and O–H groups in total. The molecule has 3 aromatic rings. The summed E-state index contributed by atoms with van der Waals surface area (Å²) in [6.45, 7) is 0. The maximum atomic E-state index is 3.16. The minimum atomic E-state index is 0.995. The molecule has 0 aliphatic carbocycles. The van der Waals surface area contributed by atoms with Crippen molar-refractivity contribution >= 4 is 22.7 Å². The van der Waals surface area contributed by atoms with Crippen LogP contribution in [0.1, 0.15) is 0 Å². The number of anilines is 4. The van der Waals surface area contributed by atoms with Gasteiger partial charge in [-0.1, -0.05) is 36.4 Å². The molecule has 0 bridgehead atoms. The highest BCUT2D eigenvalue weighted by Crippen LogP contribution is 2.15. The van der Waals surface area contributed by atoms with Gasteiger partial charge in [0.25, 0.3) is 0 Å². The molecule has 0 radical (unpaired) electrons. The molecule has 0 aromatic heterocycles. The van der Waals surface area contributed by atoms with Crippen molar-refractivity contribution in [3.63, 3.8) is 0 Å². The van der Waals surface area contributed by atoms with Crippen LogP contribution in [0, 0.1) is 0 Å². The van der Waals surface area contributed by atoms with E-state index in [0.717, 1.165) is 22.7 Å². The Bertz CT molecular complexity index is 619. The fourth-order valence-corrected chi connectivity index (χ4v) is 1.97. The Labute approximate surface area is 130 Å². The minimum Gasteiger partial charge on any atom is -0.301 e. The molecule has 0 heterocycles. The van der Waals surface area contributed by atoms with Crippen molar-refractivity contribution in [2.24, 2.45) is 0 Å². The van der Waals surface area contributed by atoms with Crippen molar-refractivity contribution in [1.82, 2.24) is 0 Å². The number of benzene rings is 3. The van der Waals surface area contributed by atoms with E-state index in [9.17, 15) is 0 Å². The van der Waals surface area contributed by atoms with E-state index in [-0.39, 0.29) is 0 Å². The quantitative estimate of drug-likeness (QED) is 0.502. The van der Waals surface area contributed by atoms with Gasteiger partial charge in [0, 0.05) is 0 Å². The maximum absolute atomic E-state index is 3.16. The first kappa shape index (κ1) is 13.8. The van der Waals surface area contributed by atoms with Crippen molar-refractivity contribution in [1.29, 1.82) is 0 Å². The van der Waals surface area contributed by atoms with Crippen LogP contribution in [0.4, 0.5) is 22.7 Å². The standard InChI is InChI=1S/C18H18N4/c1-3-7-15(8-4-1)19-21-17-11-13-18(14-12-17)22-20-16-9-5-2-6-10-16/h1-14,19-22H. The largest absolute Gasteiger partial charge is 0.301 e. The Kier molecular flexibility index (Phi) is 4.42. The first-order chi connectivity index (χ1) is 10.9. The van der Waals surface area contributed by atoms with Gasteiger partial charge in [0.05, 0.1) is 22.7 Å². The highest BCUT2D eigenvalue weighted by atomic mass is 15.4. The number of nitrogens with one attached hydrogen (secondary N) is 4. The second-order valence-electron chi connectivity index (χ2n) is 4.81. The highest BCUT2D eigenvalue weighted by molar-refractivity contribution is 5.59. The SMILES string of the molecule is c1ccc(NNc2ccc(NNc3ccccc3)cc2)cc1. The van der Waals surface area contributed by atoms with Crippen molar-refractivity contribution < 1.29 is 0 Å². The fourth-order valence-electron chi connectivity index (χ4n) is 1.97. The number of hydrogen-bond donors (Lipinski definition) is 4. The topological polar surface area (TPSA) is 48.1 Å². The molecule has 0 saturated heterocycles. The van der Waals surface area contributed by atoms with E-state index >= 15 is 0 Å². The average Bonchev–Trinajstić information content (AvgIpc) is 2.61. The van der Waals surface area contributed by atoms with Crippen LogP contribution in [-0.4, -0.2) is 0 Å². The molecule has 0 aliphatic heterocycles. The molecule has 0 saturated carbocycles. The van der Waals surface area contributed by atoms with Crippen molar-refractivity contribution in [2.45, 2.75) is 0 Å². The lowest BCUT2D eigenvalue weighted by molar-refractivity contribution is 1.39. The van der Waals surface area contributed by atoms with Gasteiger partial charge >= 0.3 is 0 Å². The molecule has 22 heavy (non-hydrogen) atoms. The summed E-state index contributed by atoms with van der Waals surface area (Å²) >= 11 is 0. The van der Waals surface area contributed by atoms with Gasteiger partial charge in [-0.25, -0.2) is 0 Å². The molecule has 3 aromatic carbocycles. The van der Waals surface area contributed by atoms with Crippen LogP contribution >= 0.6 is 0 Å². The van der Waals surface area contributed by atoms with Gasteiger partial charge in [-0.2, -0.15) is 0 Å². The molecule has 110 valence electrons. The Morgan fingerprint density at radius 1 is 0.318 bits per heavy atom. The van der Waals surface area contributed by atoms with Crippen LogP contribution in [0.15, 0.2) is 84.9 Å². The fraction of sp³-hybridized carbons (Fsp3) is 0.